The van der Waals surface area contributed by atoms with E-state index in [0.717, 1.165) is 18.7 Å². The summed E-state index contributed by atoms with van der Waals surface area (Å²) in [4.78, 5) is 37.2. The lowest BCUT2D eigenvalue weighted by atomic mass is 10.0. The Hall–Kier alpha value is -4.10. The fourth-order valence-corrected chi connectivity index (χ4v) is 4.85. The fraction of sp³-hybridized carbons (Fsp3) is 0.400. The number of carbonyl (C=O) groups excluding carboxylic acids is 2. The zero-order valence-corrected chi connectivity index (χ0v) is 24.6. The van der Waals surface area contributed by atoms with Gasteiger partial charge in [0.1, 0.15) is 29.2 Å². The largest absolute Gasteiger partial charge is 0.483 e. The highest BCUT2D eigenvalue weighted by Crippen LogP contribution is 2.34. The molecule has 3 heterocycles. The lowest BCUT2D eigenvalue weighted by Crippen LogP contribution is -2.50. The number of piperazine rings is 1. The Morgan fingerprint density at radius 2 is 1.88 bits per heavy atom. The molecular weight excluding hydrogens is 568 g/mol. The minimum Gasteiger partial charge on any atom is -0.483 e. The van der Waals surface area contributed by atoms with Gasteiger partial charge in [0.15, 0.2) is 0 Å². The molecule has 0 radical (unpaired) electrons. The van der Waals surface area contributed by atoms with Crippen molar-refractivity contribution in [3.63, 3.8) is 0 Å². The SMILES string of the molecule is Cc1cc(C(=O)N(C)C)cnc1NC(=O)c1ncc(OC(CN2CCN[C@H](C)C2)c2ccc(C(F)(F)F)c(F)c2)cc1C. The lowest BCUT2D eigenvalue weighted by molar-refractivity contribution is -0.140. The Kier molecular flexibility index (Phi) is 9.65. The maximum atomic E-state index is 14.5. The van der Waals surface area contributed by atoms with Crippen LogP contribution in [-0.4, -0.2) is 77.9 Å². The van der Waals surface area contributed by atoms with Crippen LogP contribution in [0.1, 0.15) is 56.1 Å². The van der Waals surface area contributed by atoms with Gasteiger partial charge in [-0.1, -0.05) is 6.07 Å². The molecule has 230 valence electrons. The molecule has 2 atom stereocenters. The van der Waals surface area contributed by atoms with Crippen molar-refractivity contribution in [2.24, 2.45) is 0 Å². The Morgan fingerprint density at radius 3 is 2.49 bits per heavy atom. The van der Waals surface area contributed by atoms with Crippen LogP contribution in [0.15, 0.2) is 42.7 Å². The molecule has 1 saturated heterocycles. The zero-order chi connectivity index (χ0) is 31.5. The molecule has 9 nitrogen and oxygen atoms in total. The number of aryl methyl sites for hydroxylation is 2. The van der Waals surface area contributed by atoms with Crippen molar-refractivity contribution in [1.82, 2.24) is 25.1 Å². The molecule has 2 N–H and O–H groups in total. The number of nitrogens with one attached hydrogen (secondary N) is 2. The van der Waals surface area contributed by atoms with Gasteiger partial charge in [0.2, 0.25) is 0 Å². The van der Waals surface area contributed by atoms with E-state index in [4.69, 9.17) is 4.74 Å². The van der Waals surface area contributed by atoms with Crippen LogP contribution in [0.3, 0.4) is 0 Å². The van der Waals surface area contributed by atoms with Gasteiger partial charge in [-0.25, -0.2) is 14.4 Å². The Labute approximate surface area is 247 Å². The number of aromatic nitrogens is 2. The fourth-order valence-electron chi connectivity index (χ4n) is 4.85. The maximum Gasteiger partial charge on any atom is 0.419 e. The number of ether oxygens (including phenoxy) is 1. The minimum atomic E-state index is -4.82. The van der Waals surface area contributed by atoms with E-state index in [1.807, 2.05) is 6.92 Å². The molecule has 0 saturated carbocycles. The molecule has 1 fully saturated rings. The second-order valence-corrected chi connectivity index (χ2v) is 10.8. The van der Waals surface area contributed by atoms with Crippen molar-refractivity contribution in [3.05, 3.63) is 82.1 Å². The number of pyridine rings is 2. The molecule has 2 aromatic heterocycles. The highest BCUT2D eigenvalue weighted by atomic mass is 19.4. The molecule has 0 bridgehead atoms. The zero-order valence-electron chi connectivity index (χ0n) is 24.6. The quantitative estimate of drug-likeness (QED) is 0.363. The molecule has 0 spiro atoms. The summed E-state index contributed by atoms with van der Waals surface area (Å²) in [6.07, 6.45) is -2.90. The topological polar surface area (TPSA) is 99.7 Å². The van der Waals surface area contributed by atoms with E-state index in [0.29, 0.717) is 36.3 Å². The third kappa shape index (κ3) is 7.85. The summed E-state index contributed by atoms with van der Waals surface area (Å²) in [7, 11) is 3.26. The molecular formula is C30H34F4N6O3. The summed E-state index contributed by atoms with van der Waals surface area (Å²) in [6, 6.07) is 6.21. The number of hydrogen-bond donors (Lipinski definition) is 2. The Balaban J connectivity index is 1.54. The summed E-state index contributed by atoms with van der Waals surface area (Å²) in [5, 5.41) is 6.03. The van der Waals surface area contributed by atoms with Crippen molar-refractivity contribution in [2.45, 2.75) is 39.1 Å². The van der Waals surface area contributed by atoms with Crippen LogP contribution in [0, 0.1) is 19.7 Å². The van der Waals surface area contributed by atoms with Crippen molar-refractivity contribution < 1.29 is 31.9 Å². The number of alkyl halides is 3. The maximum absolute atomic E-state index is 14.5. The van der Waals surface area contributed by atoms with E-state index in [1.165, 1.54) is 23.4 Å². The third-order valence-corrected chi connectivity index (χ3v) is 7.06. The molecule has 13 heteroatoms. The van der Waals surface area contributed by atoms with Crippen molar-refractivity contribution in [1.29, 1.82) is 0 Å². The Morgan fingerprint density at radius 1 is 1.14 bits per heavy atom. The first-order valence-electron chi connectivity index (χ1n) is 13.7. The molecule has 3 aromatic rings. The number of benzene rings is 1. The number of halogens is 4. The van der Waals surface area contributed by atoms with E-state index < -0.39 is 29.6 Å². The average molecular weight is 603 g/mol. The average Bonchev–Trinajstić information content (AvgIpc) is 2.92. The number of anilines is 1. The van der Waals surface area contributed by atoms with Crippen LogP contribution in [0.5, 0.6) is 5.75 Å². The van der Waals surface area contributed by atoms with Crippen LogP contribution < -0.4 is 15.4 Å². The van der Waals surface area contributed by atoms with Crippen LogP contribution in [0.25, 0.3) is 0 Å². The van der Waals surface area contributed by atoms with Crippen LogP contribution >= 0.6 is 0 Å². The summed E-state index contributed by atoms with van der Waals surface area (Å²) in [5.41, 5.74) is 0.452. The standard InChI is InChI=1S/C30H34F4N6O3/c1-17-11-22(14-36-26(17)28(41)38-27-18(2)10-21(13-37-27)29(42)39(4)5)43-25(16-40-9-8-35-19(3)15-40)20-6-7-23(24(31)12-20)30(32,33)34/h6-7,10-14,19,25,35H,8-9,15-16H2,1-5H3,(H,37,38,41)/t19-,25?/m1/s1. The highest BCUT2D eigenvalue weighted by Gasteiger charge is 2.35. The number of amides is 2. The molecule has 1 aliphatic heterocycles. The molecule has 0 aliphatic carbocycles. The summed E-state index contributed by atoms with van der Waals surface area (Å²) in [6.45, 7) is 7.79. The second-order valence-electron chi connectivity index (χ2n) is 10.8. The normalized spacial score (nSPS) is 16.4. The summed E-state index contributed by atoms with van der Waals surface area (Å²) in [5.74, 6) is -1.58. The molecule has 1 aromatic carbocycles. The van der Waals surface area contributed by atoms with Gasteiger partial charge in [-0.05, 0) is 61.7 Å². The van der Waals surface area contributed by atoms with Crippen molar-refractivity contribution in [3.8, 4) is 5.75 Å². The van der Waals surface area contributed by atoms with Crippen molar-refractivity contribution >= 4 is 17.6 Å². The monoisotopic (exact) mass is 602 g/mol. The third-order valence-electron chi connectivity index (χ3n) is 7.06. The first kappa shape index (κ1) is 31.8. The van der Waals surface area contributed by atoms with Gasteiger partial charge in [-0.2, -0.15) is 13.2 Å². The van der Waals surface area contributed by atoms with E-state index in [-0.39, 0.29) is 34.8 Å². The molecule has 43 heavy (non-hydrogen) atoms. The number of rotatable bonds is 8. The molecule has 1 aliphatic rings. The van der Waals surface area contributed by atoms with Crippen molar-refractivity contribution in [2.75, 3.05) is 45.6 Å². The second kappa shape index (κ2) is 13.0. The van der Waals surface area contributed by atoms with Gasteiger partial charge < -0.3 is 20.3 Å². The van der Waals surface area contributed by atoms with Gasteiger partial charge in [-0.15, -0.1) is 0 Å². The van der Waals surface area contributed by atoms with Gasteiger partial charge in [-0.3, -0.25) is 14.5 Å². The van der Waals surface area contributed by atoms with E-state index in [2.05, 4.69) is 25.5 Å². The Bertz CT molecular complexity index is 1500. The minimum absolute atomic E-state index is 0.107. The van der Waals surface area contributed by atoms with Gasteiger partial charge in [0.05, 0.1) is 17.3 Å². The predicted octanol–water partition coefficient (Wildman–Crippen LogP) is 4.62. The van der Waals surface area contributed by atoms with Gasteiger partial charge >= 0.3 is 6.18 Å². The lowest BCUT2D eigenvalue weighted by Gasteiger charge is -2.34. The van der Waals surface area contributed by atoms with Crippen LogP contribution in [0.2, 0.25) is 0 Å². The van der Waals surface area contributed by atoms with Crippen LogP contribution in [0.4, 0.5) is 23.4 Å². The summed E-state index contributed by atoms with van der Waals surface area (Å²) >= 11 is 0. The molecule has 1 unspecified atom stereocenters. The first-order valence-corrected chi connectivity index (χ1v) is 13.7. The first-order chi connectivity index (χ1) is 20.2. The number of hydrogen-bond acceptors (Lipinski definition) is 7. The smallest absolute Gasteiger partial charge is 0.419 e. The number of carbonyl (C=O) groups is 2. The van der Waals surface area contributed by atoms with E-state index >= 15 is 0 Å². The number of nitrogens with zero attached hydrogens (tertiary/aromatic N) is 4. The van der Waals surface area contributed by atoms with E-state index in [1.54, 1.807) is 40.1 Å². The van der Waals surface area contributed by atoms with Gasteiger partial charge in [0.25, 0.3) is 11.8 Å². The molecule has 4 rings (SSSR count). The summed E-state index contributed by atoms with van der Waals surface area (Å²) < 4.78 is 60.2. The molecule has 2 amide bonds. The van der Waals surface area contributed by atoms with E-state index in [9.17, 15) is 27.2 Å². The highest BCUT2D eigenvalue weighted by molar-refractivity contribution is 6.04. The van der Waals surface area contributed by atoms with Crippen LogP contribution in [-0.2, 0) is 6.18 Å². The predicted molar refractivity (Wildman–Crippen MR) is 153 cm³/mol. The van der Waals surface area contributed by atoms with Gasteiger partial charge in [0, 0.05) is 52.5 Å².